The molecular weight excluding hydrogens is 432 g/mol. The maximum absolute atomic E-state index is 11.8. The first-order valence-corrected chi connectivity index (χ1v) is 11.0. The Morgan fingerprint density at radius 2 is 2.04 bits per heavy atom. The zero-order chi connectivity index (χ0) is 20.4. The van der Waals surface area contributed by atoms with Crippen molar-refractivity contribution in [2.24, 2.45) is 0 Å². The molecule has 0 radical (unpaired) electrons. The molecule has 0 aliphatic carbocycles. The molecule has 0 aromatic heterocycles. The minimum atomic E-state index is -1.02. The van der Waals surface area contributed by atoms with Gasteiger partial charge in [0.25, 0.3) is 0 Å². The lowest BCUT2D eigenvalue weighted by Gasteiger charge is -2.20. The molecule has 0 saturated carbocycles. The van der Waals surface area contributed by atoms with Crippen molar-refractivity contribution in [2.75, 3.05) is 25.2 Å². The fourth-order valence-corrected chi connectivity index (χ4v) is 3.21. The third-order valence-electron chi connectivity index (χ3n) is 3.88. The zero-order valence-corrected chi connectivity index (χ0v) is 18.7. The minimum absolute atomic E-state index is 0.0714. The standard InChI is InChI=1S/C19H29BrN2O4S/c1-19(2,3)13-6-7-16(14(20)12-13)26-10-5-9-21-18(25)22-15(17(23)24)8-11-27-4/h6-7,12,15H,5,8-11H2,1-4H3,(H,23,24)(H2,21,22,25). The monoisotopic (exact) mass is 460 g/mol. The number of thioether (sulfide) groups is 1. The number of halogens is 1. The van der Waals surface area contributed by atoms with Crippen LogP contribution in [0.5, 0.6) is 5.75 Å². The van der Waals surface area contributed by atoms with Crippen molar-refractivity contribution < 1.29 is 19.4 Å². The van der Waals surface area contributed by atoms with Gasteiger partial charge in [-0.1, -0.05) is 26.8 Å². The molecule has 152 valence electrons. The van der Waals surface area contributed by atoms with Gasteiger partial charge in [0.1, 0.15) is 11.8 Å². The number of hydrogen-bond acceptors (Lipinski definition) is 4. The first-order chi connectivity index (χ1) is 12.6. The van der Waals surface area contributed by atoms with E-state index >= 15 is 0 Å². The Labute approximate surface area is 173 Å². The van der Waals surface area contributed by atoms with Gasteiger partial charge in [0.05, 0.1) is 11.1 Å². The van der Waals surface area contributed by atoms with Gasteiger partial charge < -0.3 is 20.5 Å². The SMILES string of the molecule is CSCCC(NC(=O)NCCCOc1ccc(C(C)(C)C)cc1Br)C(=O)O. The van der Waals surface area contributed by atoms with Gasteiger partial charge in [0.2, 0.25) is 0 Å². The summed E-state index contributed by atoms with van der Waals surface area (Å²) in [6.45, 7) is 7.31. The van der Waals surface area contributed by atoms with Crippen molar-refractivity contribution in [1.29, 1.82) is 0 Å². The highest BCUT2D eigenvalue weighted by molar-refractivity contribution is 9.10. The number of amides is 2. The fourth-order valence-electron chi connectivity index (χ4n) is 2.24. The van der Waals surface area contributed by atoms with Gasteiger partial charge in [0, 0.05) is 6.54 Å². The summed E-state index contributed by atoms with van der Waals surface area (Å²) in [5.74, 6) is 0.412. The molecule has 0 aliphatic heterocycles. The normalized spacial score (nSPS) is 12.3. The summed E-state index contributed by atoms with van der Waals surface area (Å²) in [6, 6.07) is 4.70. The number of urea groups is 1. The largest absolute Gasteiger partial charge is 0.492 e. The number of rotatable bonds is 10. The second kappa shape index (κ2) is 11.4. The summed E-state index contributed by atoms with van der Waals surface area (Å²) in [5.41, 5.74) is 1.29. The van der Waals surface area contributed by atoms with E-state index in [1.807, 2.05) is 18.4 Å². The van der Waals surface area contributed by atoms with Crippen molar-refractivity contribution in [3.8, 4) is 5.75 Å². The van der Waals surface area contributed by atoms with E-state index in [2.05, 4.69) is 53.4 Å². The lowest BCUT2D eigenvalue weighted by molar-refractivity contribution is -0.139. The summed E-state index contributed by atoms with van der Waals surface area (Å²) in [5, 5.41) is 14.2. The minimum Gasteiger partial charge on any atom is -0.492 e. The highest BCUT2D eigenvalue weighted by Crippen LogP contribution is 2.31. The molecule has 0 heterocycles. The van der Waals surface area contributed by atoms with Crippen LogP contribution in [0.2, 0.25) is 0 Å². The van der Waals surface area contributed by atoms with Crippen molar-refractivity contribution in [3.63, 3.8) is 0 Å². The zero-order valence-electron chi connectivity index (χ0n) is 16.3. The fraction of sp³-hybridized carbons (Fsp3) is 0.579. The van der Waals surface area contributed by atoms with Gasteiger partial charge in [-0.2, -0.15) is 11.8 Å². The van der Waals surface area contributed by atoms with E-state index in [0.29, 0.717) is 31.7 Å². The highest BCUT2D eigenvalue weighted by atomic mass is 79.9. The van der Waals surface area contributed by atoms with Gasteiger partial charge in [-0.05, 0) is 63.9 Å². The van der Waals surface area contributed by atoms with Crippen LogP contribution in [-0.2, 0) is 10.2 Å². The van der Waals surface area contributed by atoms with Gasteiger partial charge >= 0.3 is 12.0 Å². The third-order valence-corrected chi connectivity index (χ3v) is 5.14. The first-order valence-electron chi connectivity index (χ1n) is 8.84. The summed E-state index contributed by atoms with van der Waals surface area (Å²) in [4.78, 5) is 22.9. The van der Waals surface area contributed by atoms with Crippen molar-refractivity contribution in [1.82, 2.24) is 10.6 Å². The molecule has 1 aromatic carbocycles. The molecule has 6 nitrogen and oxygen atoms in total. The molecule has 0 aliphatic rings. The molecule has 0 saturated heterocycles. The van der Waals surface area contributed by atoms with Crippen LogP contribution in [0.15, 0.2) is 22.7 Å². The number of carbonyl (C=O) groups excluding carboxylic acids is 1. The molecular formula is C19H29BrN2O4S. The Balaban J connectivity index is 2.34. The lowest BCUT2D eigenvalue weighted by atomic mass is 9.87. The summed E-state index contributed by atoms with van der Waals surface area (Å²) in [7, 11) is 0. The Bertz CT molecular complexity index is 635. The van der Waals surface area contributed by atoms with Crippen LogP contribution in [0, 0.1) is 0 Å². The molecule has 0 spiro atoms. The third kappa shape index (κ3) is 8.88. The summed E-state index contributed by atoms with van der Waals surface area (Å²) in [6.07, 6.45) is 2.91. The summed E-state index contributed by atoms with van der Waals surface area (Å²) < 4.78 is 6.64. The van der Waals surface area contributed by atoms with Crippen molar-refractivity contribution >= 4 is 39.7 Å². The van der Waals surface area contributed by atoms with Gasteiger partial charge in [-0.25, -0.2) is 9.59 Å². The molecule has 27 heavy (non-hydrogen) atoms. The first kappa shape index (κ1) is 23.6. The van der Waals surface area contributed by atoms with Crippen molar-refractivity contribution in [3.05, 3.63) is 28.2 Å². The second-order valence-corrected chi connectivity index (χ2v) is 9.01. The van der Waals surface area contributed by atoms with Crippen LogP contribution in [0.25, 0.3) is 0 Å². The van der Waals surface area contributed by atoms with Crippen LogP contribution in [0.3, 0.4) is 0 Å². The number of ether oxygens (including phenoxy) is 1. The lowest BCUT2D eigenvalue weighted by Crippen LogP contribution is -2.46. The average Bonchev–Trinajstić information content (AvgIpc) is 2.58. The number of hydrogen-bond donors (Lipinski definition) is 3. The smallest absolute Gasteiger partial charge is 0.326 e. The van der Waals surface area contributed by atoms with Crippen LogP contribution in [0.4, 0.5) is 4.79 Å². The van der Waals surface area contributed by atoms with Crippen molar-refractivity contribution in [2.45, 2.75) is 45.1 Å². The number of aliphatic carboxylic acids is 1. The molecule has 1 aromatic rings. The number of benzene rings is 1. The predicted molar refractivity (Wildman–Crippen MR) is 114 cm³/mol. The van der Waals surface area contributed by atoms with Crippen LogP contribution in [0.1, 0.15) is 39.2 Å². The van der Waals surface area contributed by atoms with E-state index in [1.165, 1.54) is 5.56 Å². The topological polar surface area (TPSA) is 87.7 Å². The molecule has 2 amide bonds. The van der Waals surface area contributed by atoms with Gasteiger partial charge in [0.15, 0.2) is 0 Å². The van der Waals surface area contributed by atoms with Crippen LogP contribution in [-0.4, -0.2) is 48.3 Å². The molecule has 1 atom stereocenters. The molecule has 8 heteroatoms. The second-order valence-electron chi connectivity index (χ2n) is 7.17. The predicted octanol–water partition coefficient (Wildman–Crippen LogP) is 4.02. The molecule has 0 bridgehead atoms. The van der Waals surface area contributed by atoms with Crippen LogP contribution < -0.4 is 15.4 Å². The summed E-state index contributed by atoms with van der Waals surface area (Å²) >= 11 is 5.08. The molecule has 0 fully saturated rings. The van der Waals surface area contributed by atoms with Crippen LogP contribution >= 0.6 is 27.7 Å². The Morgan fingerprint density at radius 3 is 2.59 bits per heavy atom. The molecule has 1 rings (SSSR count). The van der Waals surface area contributed by atoms with E-state index in [-0.39, 0.29) is 5.41 Å². The maximum atomic E-state index is 11.8. The van der Waals surface area contributed by atoms with E-state index in [9.17, 15) is 9.59 Å². The van der Waals surface area contributed by atoms with Gasteiger partial charge in [-0.3, -0.25) is 0 Å². The van der Waals surface area contributed by atoms with E-state index in [1.54, 1.807) is 11.8 Å². The Morgan fingerprint density at radius 1 is 1.33 bits per heavy atom. The Hall–Kier alpha value is -1.41. The molecule has 3 N–H and O–H groups in total. The molecule has 1 unspecified atom stereocenters. The van der Waals surface area contributed by atoms with E-state index in [4.69, 9.17) is 9.84 Å². The number of carboxylic acid groups (broad SMARTS) is 1. The van der Waals surface area contributed by atoms with E-state index in [0.717, 1.165) is 10.2 Å². The number of carboxylic acids is 1. The number of nitrogens with one attached hydrogen (secondary N) is 2. The van der Waals surface area contributed by atoms with E-state index < -0.39 is 18.0 Å². The van der Waals surface area contributed by atoms with Gasteiger partial charge in [-0.15, -0.1) is 0 Å². The Kier molecular flexibility index (Phi) is 10.0. The number of carbonyl (C=O) groups is 2. The maximum Gasteiger partial charge on any atom is 0.326 e. The quantitative estimate of drug-likeness (QED) is 0.458. The highest BCUT2D eigenvalue weighted by Gasteiger charge is 2.19. The average molecular weight is 461 g/mol.